The molecule has 0 aliphatic carbocycles. The summed E-state index contributed by atoms with van der Waals surface area (Å²) in [5, 5.41) is 5.97. The number of carbonyl (C=O) groups is 1. The third kappa shape index (κ3) is 3.78. The van der Waals surface area contributed by atoms with E-state index in [4.69, 9.17) is 15.5 Å². The number of nitrogens with one attached hydrogen (secondary N) is 2. The average molecular weight is 417 g/mol. The predicted molar refractivity (Wildman–Crippen MR) is 119 cm³/mol. The molecule has 9 heteroatoms. The van der Waals surface area contributed by atoms with Crippen LogP contribution in [0.15, 0.2) is 55.0 Å². The van der Waals surface area contributed by atoms with Crippen LogP contribution in [-0.2, 0) is 0 Å². The number of carbonyl (C=O) groups excluding carboxylic acids is 1. The van der Waals surface area contributed by atoms with Gasteiger partial charge in [0.1, 0.15) is 34.4 Å². The van der Waals surface area contributed by atoms with E-state index in [9.17, 15) is 4.79 Å². The predicted octanol–water partition coefficient (Wildman–Crippen LogP) is 2.91. The molecule has 4 rings (SSSR count). The fourth-order valence-electron chi connectivity index (χ4n) is 3.37. The zero-order valence-electron chi connectivity index (χ0n) is 17.5. The van der Waals surface area contributed by atoms with Gasteiger partial charge in [0, 0.05) is 24.2 Å². The van der Waals surface area contributed by atoms with E-state index in [1.165, 1.54) is 7.11 Å². The van der Waals surface area contributed by atoms with E-state index in [1.807, 2.05) is 30.6 Å². The summed E-state index contributed by atoms with van der Waals surface area (Å²) < 4.78 is 7.43. The summed E-state index contributed by atoms with van der Waals surface area (Å²) in [7, 11) is 3.39. The number of rotatable bonds is 6. The van der Waals surface area contributed by atoms with Crippen LogP contribution in [0, 0.1) is 0 Å². The molecule has 3 aromatic heterocycles. The first-order valence-electron chi connectivity index (χ1n) is 9.74. The van der Waals surface area contributed by atoms with Crippen molar-refractivity contribution in [3.63, 3.8) is 0 Å². The summed E-state index contributed by atoms with van der Waals surface area (Å²) in [5.41, 5.74) is 8.70. The van der Waals surface area contributed by atoms with Crippen molar-refractivity contribution in [2.45, 2.75) is 13.0 Å². The summed E-state index contributed by atoms with van der Waals surface area (Å²) in [5.74, 6) is 1.73. The second-order valence-corrected chi connectivity index (χ2v) is 6.94. The number of fused-ring (bicyclic) bond motifs is 1. The van der Waals surface area contributed by atoms with Crippen LogP contribution < -0.4 is 21.1 Å². The molecule has 31 heavy (non-hydrogen) atoms. The Hall–Kier alpha value is -3.98. The number of pyridine rings is 1. The average Bonchev–Trinajstić information content (AvgIpc) is 3.20. The highest BCUT2D eigenvalue weighted by Crippen LogP contribution is 2.33. The van der Waals surface area contributed by atoms with Gasteiger partial charge in [-0.2, -0.15) is 0 Å². The molecule has 0 radical (unpaired) electrons. The number of imidazole rings is 1. The molecule has 0 fully saturated rings. The molecule has 0 aliphatic rings. The van der Waals surface area contributed by atoms with Crippen molar-refractivity contribution in [2.24, 2.45) is 0 Å². The standard InChI is InChI=1S/C22H23N7O2/c1-13(24-2)21-28-18(19-20(23)26-10-11-29(19)21)14-7-8-15(16(12-14)31-3)22(30)27-17-6-4-5-9-25-17/h4-13,24H,1-3H3,(H2,23,26)(H,25,27,30). The number of hydrogen-bond acceptors (Lipinski definition) is 7. The Balaban J connectivity index is 1.78. The first-order chi connectivity index (χ1) is 15.0. The SMILES string of the molecule is CNC(C)c1nc(-c2ccc(C(=O)Nc3ccccn3)c(OC)c2)c2c(N)nccn12. The lowest BCUT2D eigenvalue weighted by Gasteiger charge is -2.10. The van der Waals surface area contributed by atoms with Crippen LogP contribution in [0.3, 0.4) is 0 Å². The van der Waals surface area contributed by atoms with Gasteiger partial charge < -0.3 is 21.1 Å². The first kappa shape index (κ1) is 20.3. The Labute approximate surface area is 179 Å². The van der Waals surface area contributed by atoms with Gasteiger partial charge in [0.05, 0.1) is 18.7 Å². The molecular formula is C22H23N7O2. The largest absolute Gasteiger partial charge is 0.496 e. The Morgan fingerprint density at radius 1 is 1.19 bits per heavy atom. The summed E-state index contributed by atoms with van der Waals surface area (Å²) in [6.45, 7) is 2.01. The maximum Gasteiger partial charge on any atom is 0.260 e. The lowest BCUT2D eigenvalue weighted by Crippen LogP contribution is -2.15. The number of nitrogens with two attached hydrogens (primary N) is 1. The summed E-state index contributed by atoms with van der Waals surface area (Å²) >= 11 is 0. The van der Waals surface area contributed by atoms with Crippen LogP contribution >= 0.6 is 0 Å². The number of aromatic nitrogens is 4. The minimum atomic E-state index is -0.317. The van der Waals surface area contributed by atoms with Gasteiger partial charge in [0.15, 0.2) is 0 Å². The Morgan fingerprint density at radius 3 is 2.74 bits per heavy atom. The smallest absolute Gasteiger partial charge is 0.260 e. The zero-order valence-corrected chi connectivity index (χ0v) is 17.5. The van der Waals surface area contributed by atoms with Crippen LogP contribution in [0.4, 0.5) is 11.6 Å². The third-order valence-corrected chi connectivity index (χ3v) is 5.06. The summed E-state index contributed by atoms with van der Waals surface area (Å²) in [6.07, 6.45) is 5.09. The molecule has 0 aliphatic heterocycles. The van der Waals surface area contributed by atoms with Gasteiger partial charge in [-0.15, -0.1) is 0 Å². The molecule has 1 atom stereocenters. The van der Waals surface area contributed by atoms with E-state index in [-0.39, 0.29) is 11.9 Å². The molecule has 1 aromatic carbocycles. The molecule has 9 nitrogen and oxygen atoms in total. The Bertz CT molecular complexity index is 1240. The number of anilines is 2. The first-order valence-corrected chi connectivity index (χ1v) is 9.74. The lowest BCUT2D eigenvalue weighted by atomic mass is 10.1. The highest BCUT2D eigenvalue weighted by molar-refractivity contribution is 6.06. The van der Waals surface area contributed by atoms with Gasteiger partial charge in [-0.25, -0.2) is 15.0 Å². The quantitative estimate of drug-likeness (QED) is 0.441. The fraction of sp³-hybridized carbons (Fsp3) is 0.182. The van der Waals surface area contributed by atoms with Crippen molar-refractivity contribution < 1.29 is 9.53 Å². The molecule has 1 amide bonds. The van der Waals surface area contributed by atoms with Crippen LogP contribution in [0.25, 0.3) is 16.8 Å². The van der Waals surface area contributed by atoms with E-state index < -0.39 is 0 Å². The number of hydrogen-bond donors (Lipinski definition) is 3. The zero-order chi connectivity index (χ0) is 22.0. The number of nitrogen functional groups attached to an aromatic ring is 1. The Morgan fingerprint density at radius 2 is 2.03 bits per heavy atom. The van der Waals surface area contributed by atoms with E-state index in [1.54, 1.807) is 42.7 Å². The van der Waals surface area contributed by atoms with Gasteiger partial charge in [-0.1, -0.05) is 12.1 Å². The monoisotopic (exact) mass is 417 g/mol. The molecular weight excluding hydrogens is 394 g/mol. The van der Waals surface area contributed by atoms with Crippen LogP contribution in [0.1, 0.15) is 29.1 Å². The molecule has 4 aromatic rings. The van der Waals surface area contributed by atoms with Crippen LogP contribution in [0.2, 0.25) is 0 Å². The minimum Gasteiger partial charge on any atom is -0.496 e. The fourth-order valence-corrected chi connectivity index (χ4v) is 3.37. The second-order valence-electron chi connectivity index (χ2n) is 6.94. The van der Waals surface area contributed by atoms with Gasteiger partial charge in [-0.3, -0.25) is 9.20 Å². The molecule has 0 saturated carbocycles. The van der Waals surface area contributed by atoms with Crippen molar-refractivity contribution >= 4 is 23.1 Å². The van der Waals surface area contributed by atoms with Crippen molar-refractivity contribution in [3.05, 3.63) is 66.4 Å². The number of amides is 1. The van der Waals surface area contributed by atoms with E-state index in [2.05, 4.69) is 20.6 Å². The van der Waals surface area contributed by atoms with Crippen molar-refractivity contribution in [3.8, 4) is 17.0 Å². The molecule has 0 spiro atoms. The van der Waals surface area contributed by atoms with Crippen LogP contribution in [-0.4, -0.2) is 39.4 Å². The van der Waals surface area contributed by atoms with E-state index in [0.29, 0.717) is 34.2 Å². The van der Waals surface area contributed by atoms with Gasteiger partial charge in [-0.05, 0) is 38.2 Å². The molecule has 3 heterocycles. The topological polar surface area (TPSA) is 119 Å². The maximum atomic E-state index is 12.8. The summed E-state index contributed by atoms with van der Waals surface area (Å²) in [6, 6.07) is 10.6. The molecule has 4 N–H and O–H groups in total. The molecule has 158 valence electrons. The van der Waals surface area contributed by atoms with Crippen molar-refractivity contribution in [2.75, 3.05) is 25.2 Å². The van der Waals surface area contributed by atoms with Crippen molar-refractivity contribution in [1.29, 1.82) is 0 Å². The number of benzene rings is 1. The van der Waals surface area contributed by atoms with Gasteiger partial charge >= 0.3 is 0 Å². The highest BCUT2D eigenvalue weighted by Gasteiger charge is 2.21. The molecule has 1 unspecified atom stereocenters. The van der Waals surface area contributed by atoms with Gasteiger partial charge in [0.2, 0.25) is 0 Å². The lowest BCUT2D eigenvalue weighted by molar-refractivity contribution is 0.102. The highest BCUT2D eigenvalue weighted by atomic mass is 16.5. The number of methoxy groups -OCH3 is 1. The third-order valence-electron chi connectivity index (χ3n) is 5.06. The van der Waals surface area contributed by atoms with Crippen molar-refractivity contribution in [1.82, 2.24) is 24.7 Å². The summed E-state index contributed by atoms with van der Waals surface area (Å²) in [4.78, 5) is 25.9. The Kier molecular flexibility index (Phi) is 5.50. The van der Waals surface area contributed by atoms with E-state index >= 15 is 0 Å². The second kappa shape index (κ2) is 8.41. The molecule has 0 saturated heterocycles. The van der Waals surface area contributed by atoms with Crippen LogP contribution in [0.5, 0.6) is 5.75 Å². The molecule has 0 bridgehead atoms. The van der Waals surface area contributed by atoms with E-state index in [0.717, 1.165) is 11.4 Å². The maximum absolute atomic E-state index is 12.8. The minimum absolute atomic E-state index is 0.00614. The normalized spacial score (nSPS) is 12.0. The number of ether oxygens (including phenoxy) is 1. The number of nitrogens with zero attached hydrogens (tertiary/aromatic N) is 4. The van der Waals surface area contributed by atoms with Gasteiger partial charge in [0.25, 0.3) is 5.91 Å².